The second-order valence-electron chi connectivity index (χ2n) is 2.31. The smallest absolute Gasteiger partial charge is 0.311 e. The highest BCUT2D eigenvalue weighted by atomic mass is 16.6. The fourth-order valence-corrected chi connectivity index (χ4v) is 0.849. The monoisotopic (exact) mass is 179 g/mol. The summed E-state index contributed by atoms with van der Waals surface area (Å²) < 4.78 is 5.03. The molecule has 0 unspecified atom stereocenters. The molecule has 4 heteroatoms. The zero-order valence-electron chi connectivity index (χ0n) is 7.14. The number of hydrogen-bond acceptors (Lipinski definition) is 3. The molecule has 0 N–H and O–H groups in total. The number of benzene rings is 1. The van der Waals surface area contributed by atoms with Crippen LogP contribution in [0.2, 0.25) is 0 Å². The van der Waals surface area contributed by atoms with Crippen LogP contribution in [0.25, 0.3) is 0 Å². The van der Waals surface area contributed by atoms with E-state index in [0.717, 1.165) is 0 Å². The van der Waals surface area contributed by atoms with E-state index in [1.807, 2.05) is 0 Å². The standard InChI is InChI=1S/C9H9NO3/c1-2-7-13-9-6-4-3-5-8(9)10(11)12/h2-7H,1H3/b7-2-. The van der Waals surface area contributed by atoms with Crippen molar-refractivity contribution >= 4 is 5.69 Å². The molecular formula is C9H9NO3. The van der Waals surface area contributed by atoms with Crippen molar-refractivity contribution in [3.63, 3.8) is 0 Å². The van der Waals surface area contributed by atoms with Gasteiger partial charge in [-0.2, -0.15) is 0 Å². The van der Waals surface area contributed by atoms with E-state index in [2.05, 4.69) is 0 Å². The van der Waals surface area contributed by atoms with Crippen LogP contribution in [-0.2, 0) is 0 Å². The quantitative estimate of drug-likeness (QED) is 0.407. The van der Waals surface area contributed by atoms with Gasteiger partial charge in [0.15, 0.2) is 0 Å². The van der Waals surface area contributed by atoms with Crippen molar-refractivity contribution in [3.05, 3.63) is 46.7 Å². The molecule has 0 amide bonds. The van der Waals surface area contributed by atoms with Crippen LogP contribution < -0.4 is 4.74 Å². The fourth-order valence-electron chi connectivity index (χ4n) is 0.849. The minimum Gasteiger partial charge on any atom is -0.458 e. The molecule has 0 atom stereocenters. The first kappa shape index (κ1) is 9.25. The van der Waals surface area contributed by atoms with Crippen molar-refractivity contribution in [3.8, 4) is 5.75 Å². The maximum absolute atomic E-state index is 10.5. The fraction of sp³-hybridized carbons (Fsp3) is 0.111. The highest BCUT2D eigenvalue weighted by Gasteiger charge is 2.11. The SMILES string of the molecule is C/C=C\Oc1ccccc1[N+](=O)[O-]. The van der Waals surface area contributed by atoms with Gasteiger partial charge in [-0.15, -0.1) is 0 Å². The Bertz CT molecular complexity index is 333. The molecule has 0 spiro atoms. The predicted octanol–water partition coefficient (Wildman–Crippen LogP) is 2.51. The Balaban J connectivity index is 2.97. The number of nitrogens with zero attached hydrogens (tertiary/aromatic N) is 1. The zero-order chi connectivity index (χ0) is 9.68. The van der Waals surface area contributed by atoms with Crippen molar-refractivity contribution in [1.82, 2.24) is 0 Å². The molecule has 0 aliphatic heterocycles. The molecule has 1 aromatic rings. The van der Waals surface area contributed by atoms with Gasteiger partial charge in [-0.3, -0.25) is 10.1 Å². The lowest BCUT2D eigenvalue weighted by Gasteiger charge is -1.99. The lowest BCUT2D eigenvalue weighted by atomic mass is 10.3. The van der Waals surface area contributed by atoms with E-state index >= 15 is 0 Å². The first-order valence-electron chi connectivity index (χ1n) is 3.77. The van der Waals surface area contributed by atoms with E-state index < -0.39 is 4.92 Å². The lowest BCUT2D eigenvalue weighted by Crippen LogP contribution is -1.91. The highest BCUT2D eigenvalue weighted by Crippen LogP contribution is 2.25. The van der Waals surface area contributed by atoms with Gasteiger partial charge in [-0.05, 0) is 13.0 Å². The largest absolute Gasteiger partial charge is 0.458 e. The molecule has 0 saturated heterocycles. The first-order chi connectivity index (χ1) is 6.25. The van der Waals surface area contributed by atoms with Gasteiger partial charge in [0.05, 0.1) is 11.2 Å². The van der Waals surface area contributed by atoms with Gasteiger partial charge in [0, 0.05) is 6.07 Å². The number of rotatable bonds is 3. The molecule has 0 heterocycles. The molecule has 0 fully saturated rings. The molecule has 0 saturated carbocycles. The second-order valence-corrected chi connectivity index (χ2v) is 2.31. The van der Waals surface area contributed by atoms with Crippen LogP contribution in [0.5, 0.6) is 5.75 Å². The van der Waals surface area contributed by atoms with Crippen LogP contribution in [0.4, 0.5) is 5.69 Å². The lowest BCUT2D eigenvalue weighted by molar-refractivity contribution is -0.385. The van der Waals surface area contributed by atoms with E-state index in [0.29, 0.717) is 0 Å². The third kappa shape index (κ3) is 2.30. The molecule has 1 aromatic carbocycles. The first-order valence-corrected chi connectivity index (χ1v) is 3.77. The van der Waals surface area contributed by atoms with Crippen LogP contribution in [-0.4, -0.2) is 4.92 Å². The number of para-hydroxylation sites is 2. The summed E-state index contributed by atoms with van der Waals surface area (Å²) in [6.07, 6.45) is 3.07. The number of nitro groups is 1. The van der Waals surface area contributed by atoms with Crippen molar-refractivity contribution in [1.29, 1.82) is 0 Å². The van der Waals surface area contributed by atoms with Crippen molar-refractivity contribution in [2.75, 3.05) is 0 Å². The number of hydrogen-bond donors (Lipinski definition) is 0. The third-order valence-corrected chi connectivity index (χ3v) is 1.39. The Morgan fingerprint density at radius 2 is 2.15 bits per heavy atom. The molecule has 4 nitrogen and oxygen atoms in total. The van der Waals surface area contributed by atoms with Gasteiger partial charge in [-0.25, -0.2) is 0 Å². The van der Waals surface area contributed by atoms with E-state index in [1.54, 1.807) is 31.2 Å². The van der Waals surface area contributed by atoms with E-state index in [4.69, 9.17) is 4.74 Å². The van der Waals surface area contributed by atoms with Crippen LogP contribution >= 0.6 is 0 Å². The molecule has 0 bridgehead atoms. The van der Waals surface area contributed by atoms with Gasteiger partial charge in [0.25, 0.3) is 0 Å². The molecule has 1 rings (SSSR count). The van der Waals surface area contributed by atoms with Gasteiger partial charge in [-0.1, -0.05) is 18.2 Å². The Morgan fingerprint density at radius 3 is 2.77 bits per heavy atom. The normalized spacial score (nSPS) is 10.2. The van der Waals surface area contributed by atoms with Crippen molar-refractivity contribution in [2.24, 2.45) is 0 Å². The number of nitro benzene ring substituents is 1. The van der Waals surface area contributed by atoms with Gasteiger partial charge >= 0.3 is 5.69 Å². The molecule has 13 heavy (non-hydrogen) atoms. The van der Waals surface area contributed by atoms with E-state index in [-0.39, 0.29) is 11.4 Å². The Hall–Kier alpha value is -1.84. The van der Waals surface area contributed by atoms with Crippen LogP contribution in [0.1, 0.15) is 6.92 Å². The Morgan fingerprint density at radius 1 is 1.46 bits per heavy atom. The maximum atomic E-state index is 10.5. The third-order valence-electron chi connectivity index (χ3n) is 1.39. The number of allylic oxidation sites excluding steroid dienone is 1. The summed E-state index contributed by atoms with van der Waals surface area (Å²) in [5, 5.41) is 10.5. The summed E-state index contributed by atoms with van der Waals surface area (Å²) in [7, 11) is 0. The minimum atomic E-state index is -0.473. The average molecular weight is 179 g/mol. The van der Waals surface area contributed by atoms with Crippen LogP contribution in [0.3, 0.4) is 0 Å². The summed E-state index contributed by atoms with van der Waals surface area (Å²) >= 11 is 0. The molecular weight excluding hydrogens is 170 g/mol. The maximum Gasteiger partial charge on any atom is 0.311 e. The molecule has 0 aliphatic rings. The summed E-state index contributed by atoms with van der Waals surface area (Å²) in [5.41, 5.74) is -0.0272. The van der Waals surface area contributed by atoms with Gasteiger partial charge in [0.2, 0.25) is 5.75 Å². The highest BCUT2D eigenvalue weighted by molar-refractivity contribution is 5.45. The minimum absolute atomic E-state index is 0.0272. The summed E-state index contributed by atoms with van der Waals surface area (Å²) in [4.78, 5) is 10.0. The van der Waals surface area contributed by atoms with Gasteiger partial charge in [0.1, 0.15) is 0 Å². The van der Waals surface area contributed by atoms with Crippen molar-refractivity contribution in [2.45, 2.75) is 6.92 Å². The number of ether oxygens (including phenoxy) is 1. The Labute approximate surface area is 75.6 Å². The van der Waals surface area contributed by atoms with Crippen LogP contribution in [0, 0.1) is 10.1 Å². The van der Waals surface area contributed by atoms with Crippen LogP contribution in [0.15, 0.2) is 36.6 Å². The van der Waals surface area contributed by atoms with Gasteiger partial charge < -0.3 is 4.74 Å². The summed E-state index contributed by atoms with van der Waals surface area (Å²) in [6, 6.07) is 6.24. The molecule has 0 radical (unpaired) electrons. The Kier molecular flexibility index (Phi) is 3.03. The summed E-state index contributed by atoms with van der Waals surface area (Å²) in [5.74, 6) is 0.255. The topological polar surface area (TPSA) is 52.4 Å². The van der Waals surface area contributed by atoms with E-state index in [9.17, 15) is 10.1 Å². The molecule has 68 valence electrons. The van der Waals surface area contributed by atoms with E-state index in [1.165, 1.54) is 12.3 Å². The molecule has 0 aliphatic carbocycles. The molecule has 0 aromatic heterocycles. The predicted molar refractivity (Wildman–Crippen MR) is 48.5 cm³/mol. The second kappa shape index (κ2) is 4.25. The zero-order valence-corrected chi connectivity index (χ0v) is 7.14. The van der Waals surface area contributed by atoms with Crippen molar-refractivity contribution < 1.29 is 9.66 Å². The average Bonchev–Trinajstić information content (AvgIpc) is 2.15. The summed E-state index contributed by atoms with van der Waals surface area (Å²) in [6.45, 7) is 1.77.